The van der Waals surface area contributed by atoms with Gasteiger partial charge in [0.1, 0.15) is 5.82 Å². The second-order valence-electron chi connectivity index (χ2n) is 4.64. The molecule has 2 heterocycles. The quantitative estimate of drug-likeness (QED) is 0.864. The highest BCUT2D eigenvalue weighted by Gasteiger charge is 2.08. The molecule has 0 aliphatic heterocycles. The van der Waals surface area contributed by atoms with E-state index in [2.05, 4.69) is 25.8 Å². The van der Waals surface area contributed by atoms with Crippen molar-refractivity contribution in [3.05, 3.63) is 47.9 Å². The van der Waals surface area contributed by atoms with Gasteiger partial charge in [0.05, 0.1) is 0 Å². The van der Waals surface area contributed by atoms with Gasteiger partial charge in [-0.3, -0.25) is 9.78 Å². The maximum absolute atomic E-state index is 11.7. The summed E-state index contributed by atoms with van der Waals surface area (Å²) in [6.07, 6.45) is 3.48. The first-order valence-corrected chi connectivity index (χ1v) is 6.42. The van der Waals surface area contributed by atoms with Gasteiger partial charge in [-0.15, -0.1) is 10.2 Å². The summed E-state index contributed by atoms with van der Waals surface area (Å²) in [7, 11) is 0. The molecule has 0 aliphatic carbocycles. The lowest BCUT2D eigenvalue weighted by molar-refractivity contribution is 0.0937. The van der Waals surface area contributed by atoms with E-state index in [0.29, 0.717) is 18.1 Å². The van der Waals surface area contributed by atoms with Gasteiger partial charge in [-0.1, -0.05) is 0 Å². The van der Waals surface area contributed by atoms with Gasteiger partial charge < -0.3 is 10.6 Å². The predicted molar refractivity (Wildman–Crippen MR) is 76.2 cm³/mol. The predicted octanol–water partition coefficient (Wildman–Crippen LogP) is 1.62. The maximum atomic E-state index is 11.7. The fraction of sp³-hybridized carbons (Fsp3) is 0.286. The van der Waals surface area contributed by atoms with E-state index in [4.69, 9.17) is 0 Å². The number of amides is 1. The number of carbonyl (C=O) groups is 1. The molecular formula is C14H17N5O. The van der Waals surface area contributed by atoms with Crippen LogP contribution in [0.15, 0.2) is 36.7 Å². The number of carbonyl (C=O) groups excluding carboxylic acids is 1. The normalized spacial score (nSPS) is 10.3. The standard InChI is InChI=1S/C14H17N5O/c1-10(2)17-14(20)12-3-4-13(19-18-12)16-9-11-5-7-15-8-6-11/h3-8,10H,9H2,1-2H3,(H,16,19)(H,17,20). The Kier molecular flexibility index (Phi) is 4.60. The second-order valence-corrected chi connectivity index (χ2v) is 4.64. The van der Waals surface area contributed by atoms with E-state index in [1.807, 2.05) is 26.0 Å². The second kappa shape index (κ2) is 6.60. The number of hydrogen-bond donors (Lipinski definition) is 2. The van der Waals surface area contributed by atoms with Crippen LogP contribution in [0.5, 0.6) is 0 Å². The highest BCUT2D eigenvalue weighted by Crippen LogP contribution is 2.05. The molecule has 0 aromatic carbocycles. The molecule has 1 amide bonds. The van der Waals surface area contributed by atoms with Crippen molar-refractivity contribution < 1.29 is 4.79 Å². The van der Waals surface area contributed by atoms with E-state index >= 15 is 0 Å². The largest absolute Gasteiger partial charge is 0.365 e. The summed E-state index contributed by atoms with van der Waals surface area (Å²) in [5.74, 6) is 0.413. The molecule has 6 nitrogen and oxygen atoms in total. The van der Waals surface area contributed by atoms with E-state index in [-0.39, 0.29) is 11.9 Å². The van der Waals surface area contributed by atoms with Gasteiger partial charge in [-0.05, 0) is 43.7 Å². The molecule has 2 N–H and O–H groups in total. The Hall–Kier alpha value is -2.50. The van der Waals surface area contributed by atoms with Crippen LogP contribution >= 0.6 is 0 Å². The van der Waals surface area contributed by atoms with Crippen molar-refractivity contribution >= 4 is 11.7 Å². The highest BCUT2D eigenvalue weighted by molar-refractivity contribution is 5.92. The first kappa shape index (κ1) is 13.9. The van der Waals surface area contributed by atoms with E-state index < -0.39 is 0 Å². The summed E-state index contributed by atoms with van der Waals surface area (Å²) in [5, 5.41) is 13.8. The Labute approximate surface area is 117 Å². The van der Waals surface area contributed by atoms with Gasteiger partial charge in [0.25, 0.3) is 5.91 Å². The zero-order chi connectivity index (χ0) is 14.4. The van der Waals surface area contributed by atoms with Crippen LogP contribution in [0.3, 0.4) is 0 Å². The summed E-state index contributed by atoms with van der Waals surface area (Å²) in [6.45, 7) is 4.43. The molecular weight excluding hydrogens is 254 g/mol. The SMILES string of the molecule is CC(C)NC(=O)c1ccc(NCc2ccncc2)nn1. The molecule has 0 unspecified atom stereocenters. The summed E-state index contributed by atoms with van der Waals surface area (Å²) >= 11 is 0. The van der Waals surface area contributed by atoms with Crippen LogP contribution < -0.4 is 10.6 Å². The van der Waals surface area contributed by atoms with Gasteiger partial charge in [-0.25, -0.2) is 0 Å². The molecule has 0 fully saturated rings. The van der Waals surface area contributed by atoms with Crippen molar-refractivity contribution in [2.75, 3.05) is 5.32 Å². The smallest absolute Gasteiger partial charge is 0.271 e. The Morgan fingerprint density at radius 2 is 1.90 bits per heavy atom. The molecule has 0 radical (unpaired) electrons. The summed E-state index contributed by atoms with van der Waals surface area (Å²) in [6, 6.07) is 7.31. The van der Waals surface area contributed by atoms with Crippen LogP contribution in [0.25, 0.3) is 0 Å². The van der Waals surface area contributed by atoms with Gasteiger partial charge in [-0.2, -0.15) is 0 Å². The van der Waals surface area contributed by atoms with Crippen LogP contribution in [0.4, 0.5) is 5.82 Å². The van der Waals surface area contributed by atoms with Crippen molar-refractivity contribution in [2.24, 2.45) is 0 Å². The molecule has 0 saturated carbocycles. The lowest BCUT2D eigenvalue weighted by Crippen LogP contribution is -2.30. The number of nitrogens with zero attached hydrogens (tertiary/aromatic N) is 3. The monoisotopic (exact) mass is 271 g/mol. The minimum absolute atomic E-state index is 0.0776. The Balaban J connectivity index is 1.93. The van der Waals surface area contributed by atoms with Crippen molar-refractivity contribution in [2.45, 2.75) is 26.4 Å². The van der Waals surface area contributed by atoms with Gasteiger partial charge >= 0.3 is 0 Å². The molecule has 0 atom stereocenters. The van der Waals surface area contributed by atoms with E-state index in [1.165, 1.54) is 0 Å². The molecule has 20 heavy (non-hydrogen) atoms. The van der Waals surface area contributed by atoms with Gasteiger partial charge in [0.2, 0.25) is 0 Å². The van der Waals surface area contributed by atoms with Crippen molar-refractivity contribution in [1.29, 1.82) is 0 Å². The highest BCUT2D eigenvalue weighted by atomic mass is 16.1. The van der Waals surface area contributed by atoms with E-state index in [0.717, 1.165) is 5.56 Å². The third kappa shape index (κ3) is 4.01. The van der Waals surface area contributed by atoms with Crippen LogP contribution in [-0.4, -0.2) is 27.1 Å². The third-order valence-corrected chi connectivity index (χ3v) is 2.54. The molecule has 0 bridgehead atoms. The molecule has 2 aromatic rings. The summed E-state index contributed by atoms with van der Waals surface area (Å²) in [4.78, 5) is 15.7. The molecule has 6 heteroatoms. The average Bonchev–Trinajstić information content (AvgIpc) is 2.46. The van der Waals surface area contributed by atoms with E-state index in [9.17, 15) is 4.79 Å². The van der Waals surface area contributed by atoms with Crippen molar-refractivity contribution in [3.8, 4) is 0 Å². The van der Waals surface area contributed by atoms with Crippen LogP contribution in [0, 0.1) is 0 Å². The number of rotatable bonds is 5. The Morgan fingerprint density at radius 1 is 1.15 bits per heavy atom. The number of hydrogen-bond acceptors (Lipinski definition) is 5. The lowest BCUT2D eigenvalue weighted by Gasteiger charge is -2.08. The molecule has 0 saturated heterocycles. The fourth-order valence-electron chi connectivity index (χ4n) is 1.58. The average molecular weight is 271 g/mol. The zero-order valence-electron chi connectivity index (χ0n) is 11.5. The Bertz CT molecular complexity index is 554. The lowest BCUT2D eigenvalue weighted by atomic mass is 10.2. The number of anilines is 1. The number of nitrogens with one attached hydrogen (secondary N) is 2. The van der Waals surface area contributed by atoms with Gasteiger partial charge in [0.15, 0.2) is 5.69 Å². The molecule has 2 aromatic heterocycles. The number of pyridine rings is 1. The van der Waals surface area contributed by atoms with Crippen LogP contribution in [0.1, 0.15) is 29.9 Å². The molecule has 104 valence electrons. The van der Waals surface area contributed by atoms with Crippen molar-refractivity contribution in [3.63, 3.8) is 0 Å². The molecule has 2 rings (SSSR count). The topological polar surface area (TPSA) is 79.8 Å². The third-order valence-electron chi connectivity index (χ3n) is 2.54. The van der Waals surface area contributed by atoms with Gasteiger partial charge in [0, 0.05) is 25.0 Å². The first-order chi connectivity index (χ1) is 9.65. The molecule has 0 spiro atoms. The fourth-order valence-corrected chi connectivity index (χ4v) is 1.58. The Morgan fingerprint density at radius 3 is 2.50 bits per heavy atom. The van der Waals surface area contributed by atoms with Crippen molar-refractivity contribution in [1.82, 2.24) is 20.5 Å². The zero-order valence-corrected chi connectivity index (χ0v) is 11.5. The number of aromatic nitrogens is 3. The summed E-state index contributed by atoms with van der Waals surface area (Å²) < 4.78 is 0. The molecule has 0 aliphatic rings. The summed E-state index contributed by atoms with van der Waals surface area (Å²) in [5.41, 5.74) is 1.41. The van der Waals surface area contributed by atoms with Crippen LogP contribution in [-0.2, 0) is 6.54 Å². The minimum Gasteiger partial charge on any atom is -0.365 e. The first-order valence-electron chi connectivity index (χ1n) is 6.42. The maximum Gasteiger partial charge on any atom is 0.271 e. The van der Waals surface area contributed by atoms with Crippen LogP contribution in [0.2, 0.25) is 0 Å². The van der Waals surface area contributed by atoms with E-state index in [1.54, 1.807) is 24.5 Å². The minimum atomic E-state index is -0.215.